The number of hydrogen-bond acceptors (Lipinski definition) is 3. The molecule has 0 aliphatic carbocycles. The third-order valence-electron chi connectivity index (χ3n) is 4.69. The Hall–Kier alpha value is -0.170. The molecular weight excluding hydrogens is 286 g/mol. The maximum Gasteiger partial charge on any atom is 0.281 e. The van der Waals surface area contributed by atoms with Crippen molar-refractivity contribution in [3.8, 4) is 0 Å². The summed E-state index contributed by atoms with van der Waals surface area (Å²) in [4.78, 5) is 0. The van der Waals surface area contributed by atoms with Gasteiger partial charge in [0.15, 0.2) is 0 Å². The molecule has 1 atom stereocenters. The smallest absolute Gasteiger partial charge is 0.281 e. The molecule has 2 rings (SSSR count). The van der Waals surface area contributed by atoms with Crippen LogP contribution in [0.2, 0.25) is 0 Å². The molecule has 6 heteroatoms. The van der Waals surface area contributed by atoms with Crippen molar-refractivity contribution < 1.29 is 8.42 Å². The van der Waals surface area contributed by atoms with E-state index in [1.54, 1.807) is 8.61 Å². The van der Waals surface area contributed by atoms with E-state index in [0.717, 1.165) is 32.2 Å². The first-order chi connectivity index (χ1) is 9.89. The average Bonchev–Trinajstić information content (AvgIpc) is 2.46. The lowest BCUT2D eigenvalue weighted by molar-refractivity contribution is 0.222. The van der Waals surface area contributed by atoms with Crippen LogP contribution in [0.1, 0.15) is 46.5 Å². The van der Waals surface area contributed by atoms with Crippen LogP contribution < -0.4 is 5.32 Å². The minimum atomic E-state index is -3.24. The molecule has 0 saturated carbocycles. The largest absolute Gasteiger partial charge is 0.314 e. The van der Waals surface area contributed by atoms with Crippen molar-refractivity contribution in [1.29, 1.82) is 0 Å². The fraction of sp³-hybridized carbons (Fsp3) is 1.00. The van der Waals surface area contributed by atoms with Crippen LogP contribution in [0.25, 0.3) is 0 Å². The summed E-state index contributed by atoms with van der Waals surface area (Å²) in [7, 11) is -3.24. The lowest BCUT2D eigenvalue weighted by Crippen LogP contribution is -2.51. The summed E-state index contributed by atoms with van der Waals surface area (Å²) in [6, 6.07) is 0.459. The van der Waals surface area contributed by atoms with Crippen LogP contribution in [0.15, 0.2) is 0 Å². The Labute approximate surface area is 130 Å². The van der Waals surface area contributed by atoms with Crippen LogP contribution in [-0.2, 0) is 10.2 Å². The molecule has 0 spiro atoms. The van der Waals surface area contributed by atoms with Crippen LogP contribution in [-0.4, -0.2) is 55.8 Å². The number of nitrogens with one attached hydrogen (secondary N) is 1. The maximum atomic E-state index is 12.8. The van der Waals surface area contributed by atoms with Gasteiger partial charge in [0.05, 0.1) is 0 Å². The Bertz CT molecular complexity index is 417. The lowest BCUT2D eigenvalue weighted by Gasteiger charge is -2.38. The number of piperidine rings is 2. The molecule has 0 radical (unpaired) electrons. The molecule has 2 aliphatic heterocycles. The lowest BCUT2D eigenvalue weighted by atomic mass is 9.99. The summed E-state index contributed by atoms with van der Waals surface area (Å²) >= 11 is 0. The number of nitrogens with zero attached hydrogens (tertiary/aromatic N) is 2. The van der Waals surface area contributed by atoms with Crippen LogP contribution in [0.4, 0.5) is 0 Å². The quantitative estimate of drug-likeness (QED) is 0.839. The van der Waals surface area contributed by atoms with Gasteiger partial charge >= 0.3 is 0 Å². The molecule has 1 unspecified atom stereocenters. The molecule has 0 aromatic heterocycles. The third kappa shape index (κ3) is 4.65. The van der Waals surface area contributed by atoms with Gasteiger partial charge in [0, 0.05) is 32.2 Å². The second-order valence-electron chi connectivity index (χ2n) is 7.02. The van der Waals surface area contributed by atoms with Crippen molar-refractivity contribution in [2.24, 2.45) is 11.8 Å². The Morgan fingerprint density at radius 1 is 1.10 bits per heavy atom. The number of hydrogen-bond donors (Lipinski definition) is 1. The highest BCUT2D eigenvalue weighted by Gasteiger charge is 2.34. The van der Waals surface area contributed by atoms with Gasteiger partial charge in [0.25, 0.3) is 10.2 Å². The van der Waals surface area contributed by atoms with Gasteiger partial charge in [-0.15, -0.1) is 0 Å². The average molecular weight is 317 g/mol. The van der Waals surface area contributed by atoms with Gasteiger partial charge in [-0.2, -0.15) is 17.0 Å². The van der Waals surface area contributed by atoms with Crippen LogP contribution in [0, 0.1) is 11.8 Å². The van der Waals surface area contributed by atoms with E-state index in [-0.39, 0.29) is 0 Å². The topological polar surface area (TPSA) is 52.7 Å². The fourth-order valence-corrected chi connectivity index (χ4v) is 4.94. The molecule has 0 amide bonds. The SMILES string of the molecule is CC1CCN(S(=O)(=O)N2CCCC(CNC(C)C)C2)CC1. The summed E-state index contributed by atoms with van der Waals surface area (Å²) in [5.41, 5.74) is 0. The Balaban J connectivity index is 1.93. The number of rotatable bonds is 5. The monoisotopic (exact) mass is 317 g/mol. The van der Waals surface area contributed by atoms with Gasteiger partial charge in [-0.05, 0) is 44.1 Å². The van der Waals surface area contributed by atoms with E-state index in [2.05, 4.69) is 26.1 Å². The zero-order valence-electron chi connectivity index (χ0n) is 13.7. The van der Waals surface area contributed by atoms with Gasteiger partial charge < -0.3 is 5.32 Å². The summed E-state index contributed by atoms with van der Waals surface area (Å²) in [5.74, 6) is 1.10. The van der Waals surface area contributed by atoms with E-state index in [4.69, 9.17) is 0 Å². The molecule has 1 N–H and O–H groups in total. The van der Waals surface area contributed by atoms with E-state index in [1.165, 1.54) is 0 Å². The summed E-state index contributed by atoms with van der Waals surface area (Å²) in [6.07, 6.45) is 4.09. The first kappa shape index (κ1) is 17.2. The molecule has 2 fully saturated rings. The highest BCUT2D eigenvalue weighted by atomic mass is 32.2. The highest BCUT2D eigenvalue weighted by molar-refractivity contribution is 7.86. The molecule has 0 aromatic carbocycles. The van der Waals surface area contributed by atoms with Gasteiger partial charge in [-0.3, -0.25) is 0 Å². The van der Waals surface area contributed by atoms with E-state index in [1.807, 2.05) is 0 Å². The Kier molecular flexibility index (Phi) is 6.05. The maximum absolute atomic E-state index is 12.8. The molecule has 0 aromatic rings. The summed E-state index contributed by atoms with van der Waals surface area (Å²) in [6.45, 7) is 10.1. The van der Waals surface area contributed by atoms with Crippen molar-refractivity contribution >= 4 is 10.2 Å². The molecule has 124 valence electrons. The molecule has 2 aliphatic rings. The Morgan fingerprint density at radius 3 is 2.38 bits per heavy atom. The molecule has 2 saturated heterocycles. The molecule has 5 nitrogen and oxygen atoms in total. The van der Waals surface area contributed by atoms with E-state index < -0.39 is 10.2 Å². The molecule has 21 heavy (non-hydrogen) atoms. The summed E-state index contributed by atoms with van der Waals surface area (Å²) in [5, 5.41) is 3.44. The van der Waals surface area contributed by atoms with Gasteiger partial charge in [0.2, 0.25) is 0 Å². The van der Waals surface area contributed by atoms with Crippen molar-refractivity contribution in [3.63, 3.8) is 0 Å². The van der Waals surface area contributed by atoms with Crippen molar-refractivity contribution in [3.05, 3.63) is 0 Å². The predicted molar refractivity (Wildman–Crippen MR) is 86.3 cm³/mol. The van der Waals surface area contributed by atoms with Crippen LogP contribution in [0.5, 0.6) is 0 Å². The zero-order valence-corrected chi connectivity index (χ0v) is 14.5. The minimum Gasteiger partial charge on any atom is -0.314 e. The second-order valence-corrected chi connectivity index (χ2v) is 8.95. The molecule has 0 bridgehead atoms. The Morgan fingerprint density at radius 2 is 1.76 bits per heavy atom. The zero-order chi connectivity index (χ0) is 15.5. The minimum absolute atomic E-state index is 0.444. The normalized spacial score (nSPS) is 27.3. The molecule has 2 heterocycles. The van der Waals surface area contributed by atoms with Crippen molar-refractivity contribution in [2.45, 2.75) is 52.5 Å². The predicted octanol–water partition coefficient (Wildman–Crippen LogP) is 1.67. The fourth-order valence-electron chi connectivity index (χ4n) is 3.18. The highest BCUT2D eigenvalue weighted by Crippen LogP contribution is 2.24. The van der Waals surface area contributed by atoms with E-state index >= 15 is 0 Å². The van der Waals surface area contributed by atoms with E-state index in [9.17, 15) is 8.42 Å². The van der Waals surface area contributed by atoms with Crippen LogP contribution >= 0.6 is 0 Å². The molecular formula is C15H31N3O2S. The summed E-state index contributed by atoms with van der Waals surface area (Å²) < 4.78 is 28.9. The van der Waals surface area contributed by atoms with Gasteiger partial charge in [-0.1, -0.05) is 20.8 Å². The first-order valence-electron chi connectivity index (χ1n) is 8.38. The van der Waals surface area contributed by atoms with Gasteiger partial charge in [-0.25, -0.2) is 0 Å². The second kappa shape index (κ2) is 7.40. The van der Waals surface area contributed by atoms with Gasteiger partial charge in [0.1, 0.15) is 0 Å². The van der Waals surface area contributed by atoms with Crippen LogP contribution in [0.3, 0.4) is 0 Å². The van der Waals surface area contributed by atoms with E-state index in [0.29, 0.717) is 44.1 Å². The first-order valence-corrected chi connectivity index (χ1v) is 9.78. The standard InChI is InChI=1S/C15H31N3O2S/c1-13(2)16-11-15-5-4-8-18(12-15)21(19,20)17-9-6-14(3)7-10-17/h13-16H,4-12H2,1-3H3. The van der Waals surface area contributed by atoms with Crippen molar-refractivity contribution in [1.82, 2.24) is 13.9 Å². The third-order valence-corrected chi connectivity index (χ3v) is 6.69. The van der Waals surface area contributed by atoms with Crippen molar-refractivity contribution in [2.75, 3.05) is 32.7 Å².